The second kappa shape index (κ2) is 18.9. The van der Waals surface area contributed by atoms with Gasteiger partial charge in [-0.05, 0) is 92.7 Å². The third-order valence-corrected chi connectivity index (χ3v) is 14.3. The number of halogens is 6. The first kappa shape index (κ1) is 48.0. The predicted octanol–water partition coefficient (Wildman–Crippen LogP) is 5.70. The van der Waals surface area contributed by atoms with Crippen molar-refractivity contribution < 1.29 is 64.5 Å². The van der Waals surface area contributed by atoms with Gasteiger partial charge in [-0.1, -0.05) is 24.3 Å². The molecule has 1 N–H and O–H groups in total. The topological polar surface area (TPSA) is 153 Å². The van der Waals surface area contributed by atoms with Crippen LogP contribution in [0.25, 0.3) is 0 Å². The highest BCUT2D eigenvalue weighted by Gasteiger charge is 2.71. The number of esters is 1. The van der Waals surface area contributed by atoms with Crippen LogP contribution in [0.15, 0.2) is 60.9 Å². The van der Waals surface area contributed by atoms with Crippen molar-refractivity contribution in [2.45, 2.75) is 82.4 Å². The first-order valence-corrected chi connectivity index (χ1v) is 22.6. The molecular weight excluding hydrogens is 891 g/mol. The van der Waals surface area contributed by atoms with Crippen LogP contribution in [0.1, 0.15) is 88.8 Å². The minimum absolute atomic E-state index is 0.0461. The fraction of sp³-hybridized carbons (Fsp3) is 0.574. The monoisotopic (exact) mass is 944 g/mol. The maximum absolute atomic E-state index is 14.7. The van der Waals surface area contributed by atoms with Crippen LogP contribution in [0.5, 0.6) is 0 Å². The van der Waals surface area contributed by atoms with Gasteiger partial charge in [0.1, 0.15) is 11.5 Å². The molecule has 4 amide bonds. The number of hydrogen-bond acceptors (Lipinski definition) is 9. The van der Waals surface area contributed by atoms with E-state index in [9.17, 15) is 50.3 Å². The third kappa shape index (κ3) is 10.1. The molecule has 4 aliphatic heterocycles. The van der Waals surface area contributed by atoms with E-state index in [0.717, 1.165) is 35.4 Å². The first-order chi connectivity index (χ1) is 31.8. The minimum atomic E-state index is -4.75. The lowest BCUT2D eigenvalue weighted by Gasteiger charge is -2.51. The zero-order chi connectivity index (χ0) is 47.9. The molecule has 1 aromatic heterocycles. The van der Waals surface area contributed by atoms with E-state index in [1.165, 1.54) is 41.2 Å². The molecule has 1 aliphatic carbocycles. The highest BCUT2D eigenvalue weighted by atomic mass is 19.4. The van der Waals surface area contributed by atoms with E-state index >= 15 is 0 Å². The molecule has 0 radical (unpaired) electrons. The lowest BCUT2D eigenvalue weighted by molar-refractivity contribution is -0.205. The lowest BCUT2D eigenvalue weighted by atomic mass is 9.70. The van der Waals surface area contributed by atoms with Gasteiger partial charge >= 0.3 is 18.3 Å². The van der Waals surface area contributed by atoms with Crippen LogP contribution in [0.2, 0.25) is 0 Å². The molecule has 67 heavy (non-hydrogen) atoms. The van der Waals surface area contributed by atoms with Gasteiger partial charge in [0.25, 0.3) is 5.91 Å². The second-order valence-corrected chi connectivity index (χ2v) is 18.8. The van der Waals surface area contributed by atoms with Crippen molar-refractivity contribution in [3.8, 4) is 0 Å². The van der Waals surface area contributed by atoms with E-state index < -0.39 is 70.5 Å². The van der Waals surface area contributed by atoms with Crippen molar-refractivity contribution in [2.75, 3.05) is 66.2 Å². The van der Waals surface area contributed by atoms with E-state index in [2.05, 4.69) is 10.4 Å². The van der Waals surface area contributed by atoms with Crippen molar-refractivity contribution in [3.63, 3.8) is 0 Å². The Morgan fingerprint density at radius 1 is 0.851 bits per heavy atom. The maximum Gasteiger partial charge on any atom is 0.416 e. The van der Waals surface area contributed by atoms with Gasteiger partial charge in [-0.2, -0.15) is 31.4 Å². The molecule has 8 rings (SSSR count). The summed E-state index contributed by atoms with van der Waals surface area (Å²) in [6, 6.07) is 10.5. The first-order valence-electron chi connectivity index (χ1n) is 22.6. The number of nitrogens with one attached hydrogen (secondary N) is 1. The minimum Gasteiger partial charge on any atom is -0.465 e. The second-order valence-electron chi connectivity index (χ2n) is 18.8. The molecule has 1 spiro atoms. The molecule has 1 saturated carbocycles. The largest absolute Gasteiger partial charge is 0.465 e. The molecule has 0 unspecified atom stereocenters. The summed E-state index contributed by atoms with van der Waals surface area (Å²) in [6.45, 7) is 3.23. The molecular formula is C47H54F6N6O8. The Balaban J connectivity index is 0.997. The van der Waals surface area contributed by atoms with Gasteiger partial charge in [0.05, 0.1) is 55.2 Å². The van der Waals surface area contributed by atoms with Gasteiger partial charge in [-0.25, -0.2) is 4.79 Å². The van der Waals surface area contributed by atoms with Crippen LogP contribution in [0.3, 0.4) is 0 Å². The summed E-state index contributed by atoms with van der Waals surface area (Å²) in [6.07, 6.45) is -5.30. The number of ether oxygens (including phenoxy) is 3. The van der Waals surface area contributed by atoms with E-state index in [0.29, 0.717) is 56.9 Å². The summed E-state index contributed by atoms with van der Waals surface area (Å²) in [5, 5.41) is 7.18. The predicted molar refractivity (Wildman–Crippen MR) is 226 cm³/mol. The van der Waals surface area contributed by atoms with Gasteiger partial charge in [0, 0.05) is 64.1 Å². The number of piperidine rings is 1. The fourth-order valence-electron chi connectivity index (χ4n) is 10.0. The molecule has 2 aromatic carbocycles. The average molecular weight is 945 g/mol. The lowest BCUT2D eigenvalue weighted by Crippen LogP contribution is -2.67. The van der Waals surface area contributed by atoms with Gasteiger partial charge in [-0.3, -0.25) is 23.9 Å². The maximum atomic E-state index is 14.7. The van der Waals surface area contributed by atoms with Crippen LogP contribution in [-0.4, -0.2) is 139 Å². The summed E-state index contributed by atoms with van der Waals surface area (Å²) >= 11 is 0. The number of methoxy groups -OCH3 is 1. The van der Waals surface area contributed by atoms with E-state index in [4.69, 9.17) is 14.2 Å². The van der Waals surface area contributed by atoms with E-state index in [1.54, 1.807) is 24.0 Å². The van der Waals surface area contributed by atoms with Crippen LogP contribution < -0.4 is 5.32 Å². The molecule has 3 atom stereocenters. The zero-order valence-electron chi connectivity index (χ0n) is 37.2. The van der Waals surface area contributed by atoms with Crippen molar-refractivity contribution in [1.29, 1.82) is 0 Å². The molecule has 0 bridgehead atoms. The van der Waals surface area contributed by atoms with E-state index in [1.807, 2.05) is 12.1 Å². The Labute approximate surface area is 383 Å². The Morgan fingerprint density at radius 3 is 2.09 bits per heavy atom. The molecule has 5 aliphatic rings. The van der Waals surface area contributed by atoms with Crippen LogP contribution in [-0.2, 0) is 41.3 Å². The average Bonchev–Trinajstić information content (AvgIpc) is 3.86. The van der Waals surface area contributed by atoms with E-state index in [-0.39, 0.29) is 68.9 Å². The summed E-state index contributed by atoms with van der Waals surface area (Å²) in [5.41, 5.74) is -2.41. The van der Waals surface area contributed by atoms with Crippen molar-refractivity contribution in [3.05, 3.63) is 88.7 Å². The Kier molecular flexibility index (Phi) is 13.5. The molecule has 5 heterocycles. The number of rotatable bonds is 13. The van der Waals surface area contributed by atoms with Gasteiger partial charge in [0.2, 0.25) is 17.7 Å². The van der Waals surface area contributed by atoms with Crippen LogP contribution >= 0.6 is 0 Å². The Hall–Kier alpha value is -5.50. The molecule has 14 nitrogen and oxygen atoms in total. The number of hydrogen-bond donors (Lipinski definition) is 1. The normalized spacial score (nSPS) is 21.7. The standard InChI is InChI=1S/C47H54F6N6O8/c1-29(67-25-31-13-19-66-20-14-31)38(41(62)56-17-11-33(12-18-56)32-5-7-34(8-6-32)42(63)65-2)55-39(60)37-24-57(26-44(37)27-58(28-44)43(64)45(15-16-45)47(51,52)53)40(61)35-21-54-59(23-35)22-30-3-9-36(10-4-30)46(48,49)50/h3-10,21,23,29,31,33,37-38H,11-20,22,24-28H2,1-2H3,(H,55,60)/t29-,37+,38+/m1/s1. The van der Waals surface area contributed by atoms with Gasteiger partial charge in [0.15, 0.2) is 0 Å². The summed E-state index contributed by atoms with van der Waals surface area (Å²) in [5.74, 6) is -3.82. The fourth-order valence-corrected chi connectivity index (χ4v) is 10.0. The van der Waals surface area contributed by atoms with Gasteiger partial charge < -0.3 is 34.2 Å². The molecule has 3 aromatic rings. The zero-order valence-corrected chi connectivity index (χ0v) is 37.2. The highest BCUT2D eigenvalue weighted by Crippen LogP contribution is 2.60. The Bertz CT molecular complexity index is 2300. The number of aromatic nitrogens is 2. The molecule has 20 heteroatoms. The molecule has 5 fully saturated rings. The smallest absolute Gasteiger partial charge is 0.416 e. The van der Waals surface area contributed by atoms with Crippen molar-refractivity contribution in [1.82, 2.24) is 29.8 Å². The SMILES string of the molecule is COC(=O)c1ccc(C2CCN(C(=O)[C@@H](NC(=O)[C@@H]3CN(C(=O)c4cnn(Cc5ccc(C(F)(F)F)cc5)c4)CC34CN(C(=O)C3(C(F)(F)F)CC3)C4)[C@@H](C)OCC3CCOCC3)CC2)cc1. The highest BCUT2D eigenvalue weighted by molar-refractivity contribution is 5.96. The summed E-state index contributed by atoms with van der Waals surface area (Å²) < 4.78 is 99.7. The summed E-state index contributed by atoms with van der Waals surface area (Å²) in [4.78, 5) is 73.0. The van der Waals surface area contributed by atoms with Crippen LogP contribution in [0, 0.1) is 22.7 Å². The number of likely N-dealkylation sites (tertiary alicyclic amines) is 3. The summed E-state index contributed by atoms with van der Waals surface area (Å²) in [7, 11) is 1.31. The number of benzene rings is 2. The quantitative estimate of drug-likeness (QED) is 0.168. The van der Waals surface area contributed by atoms with Crippen LogP contribution in [0.4, 0.5) is 26.3 Å². The number of carbonyl (C=O) groups is 5. The number of carbonyl (C=O) groups excluding carboxylic acids is 5. The molecule has 362 valence electrons. The Morgan fingerprint density at radius 2 is 1.49 bits per heavy atom. The number of alkyl halides is 6. The van der Waals surface area contributed by atoms with Crippen molar-refractivity contribution in [2.24, 2.45) is 22.7 Å². The van der Waals surface area contributed by atoms with Crippen molar-refractivity contribution >= 4 is 29.6 Å². The number of amides is 4. The van der Waals surface area contributed by atoms with Gasteiger partial charge in [-0.15, -0.1) is 0 Å². The number of nitrogens with zero attached hydrogens (tertiary/aromatic N) is 5. The third-order valence-electron chi connectivity index (χ3n) is 14.3. The molecule has 4 saturated heterocycles.